The molecular weight excluding hydrogens is 542 g/mol. The van der Waals surface area contributed by atoms with E-state index in [1.54, 1.807) is 73.0 Å². The number of aromatic nitrogens is 1. The molecule has 2 amide bonds. The van der Waals surface area contributed by atoms with Crippen molar-refractivity contribution in [3.63, 3.8) is 0 Å². The van der Waals surface area contributed by atoms with Crippen molar-refractivity contribution in [2.45, 2.75) is 13.8 Å². The first-order valence-electron chi connectivity index (χ1n) is 12.4. The Hall–Kier alpha value is -5.35. The van der Waals surface area contributed by atoms with E-state index in [0.717, 1.165) is 6.07 Å². The molecule has 0 spiro atoms. The molecule has 204 valence electrons. The number of nitrogens with zero attached hydrogens (tertiary/aromatic N) is 3. The van der Waals surface area contributed by atoms with Crippen LogP contribution in [-0.2, 0) is 9.59 Å². The van der Waals surface area contributed by atoms with Gasteiger partial charge in [0.1, 0.15) is 5.57 Å². The molecular formula is C31H23N3O6S. The van der Waals surface area contributed by atoms with Gasteiger partial charge in [-0.05, 0) is 86.2 Å². The molecule has 3 aromatic carbocycles. The van der Waals surface area contributed by atoms with E-state index in [1.807, 2.05) is 12.1 Å². The number of aromatic carboxylic acids is 2. The van der Waals surface area contributed by atoms with Crippen LogP contribution in [0.1, 0.15) is 37.7 Å². The normalized spacial score (nSPS) is 13.5. The van der Waals surface area contributed by atoms with Crippen LogP contribution in [0.3, 0.4) is 0 Å². The monoisotopic (exact) mass is 565 g/mol. The molecule has 4 aromatic rings. The summed E-state index contributed by atoms with van der Waals surface area (Å²) in [6, 6.07) is 23.1. The van der Waals surface area contributed by atoms with Crippen molar-refractivity contribution in [1.29, 1.82) is 0 Å². The maximum atomic E-state index is 13.8. The van der Waals surface area contributed by atoms with Gasteiger partial charge in [0.15, 0.2) is 5.11 Å². The van der Waals surface area contributed by atoms with Gasteiger partial charge in [-0.15, -0.1) is 0 Å². The van der Waals surface area contributed by atoms with Crippen LogP contribution in [0.15, 0.2) is 90.5 Å². The van der Waals surface area contributed by atoms with Crippen molar-refractivity contribution in [2.24, 2.45) is 0 Å². The highest BCUT2D eigenvalue weighted by Gasteiger charge is 2.41. The quantitative estimate of drug-likeness (QED) is 0.186. The average Bonchev–Trinajstić information content (AvgIpc) is 3.24. The Morgan fingerprint density at radius 2 is 1.17 bits per heavy atom. The highest BCUT2D eigenvalue weighted by Crippen LogP contribution is 2.31. The fraction of sp³-hybridized carbons (Fsp3) is 0.0645. The third-order valence-corrected chi connectivity index (χ3v) is 7.08. The van der Waals surface area contributed by atoms with E-state index >= 15 is 0 Å². The van der Waals surface area contributed by atoms with Crippen LogP contribution in [0, 0.1) is 13.8 Å². The zero-order valence-electron chi connectivity index (χ0n) is 21.9. The molecule has 41 heavy (non-hydrogen) atoms. The van der Waals surface area contributed by atoms with E-state index < -0.39 is 23.8 Å². The Labute approximate surface area is 240 Å². The zero-order valence-corrected chi connectivity index (χ0v) is 22.8. The molecule has 9 nitrogen and oxygen atoms in total. The minimum atomic E-state index is -1.27. The Kier molecular flexibility index (Phi) is 7.08. The fourth-order valence-electron chi connectivity index (χ4n) is 4.81. The van der Waals surface area contributed by atoms with Gasteiger partial charge in [0.2, 0.25) is 0 Å². The van der Waals surface area contributed by atoms with Gasteiger partial charge in [-0.2, -0.15) is 0 Å². The Bertz CT molecular complexity index is 1680. The molecule has 0 bridgehead atoms. The van der Waals surface area contributed by atoms with Crippen molar-refractivity contribution in [3.8, 4) is 5.69 Å². The molecule has 0 saturated carbocycles. The van der Waals surface area contributed by atoms with Crippen molar-refractivity contribution < 1.29 is 29.4 Å². The van der Waals surface area contributed by atoms with E-state index in [4.69, 9.17) is 12.2 Å². The number of thiocarbonyl (C=S) groups is 1. The second-order valence-corrected chi connectivity index (χ2v) is 9.70. The number of hydrogen-bond donors (Lipinski definition) is 2. The SMILES string of the molecule is Cc1cc(C=C2C(=O)N(c3ccccc3)C(=S)N(c3ccccc3)C2=O)c(C)n1-c1cc(C(=O)O)cc(C(=O)O)c1. The number of carbonyl (C=O) groups is 4. The number of amides is 2. The highest BCUT2D eigenvalue weighted by atomic mass is 32.1. The van der Waals surface area contributed by atoms with E-state index in [0.29, 0.717) is 34.0 Å². The van der Waals surface area contributed by atoms with Crippen molar-refractivity contribution >= 4 is 58.5 Å². The minimum absolute atomic E-state index is 0.0201. The molecule has 10 heteroatoms. The summed E-state index contributed by atoms with van der Waals surface area (Å²) in [5.74, 6) is -3.72. The summed E-state index contributed by atoms with van der Waals surface area (Å²) in [7, 11) is 0. The smallest absolute Gasteiger partial charge is 0.335 e. The third-order valence-electron chi connectivity index (χ3n) is 6.72. The van der Waals surface area contributed by atoms with Crippen LogP contribution in [0.25, 0.3) is 11.8 Å². The van der Waals surface area contributed by atoms with E-state index in [1.165, 1.54) is 28.0 Å². The van der Waals surface area contributed by atoms with Gasteiger partial charge in [-0.25, -0.2) is 9.59 Å². The maximum Gasteiger partial charge on any atom is 0.335 e. The van der Waals surface area contributed by atoms with Gasteiger partial charge in [-0.3, -0.25) is 19.4 Å². The largest absolute Gasteiger partial charge is 0.478 e. The van der Waals surface area contributed by atoms with Gasteiger partial charge in [0.05, 0.1) is 22.5 Å². The maximum absolute atomic E-state index is 13.8. The minimum Gasteiger partial charge on any atom is -0.478 e. The second kappa shape index (κ2) is 10.7. The molecule has 2 N–H and O–H groups in total. The topological polar surface area (TPSA) is 120 Å². The molecule has 1 fully saturated rings. The summed E-state index contributed by atoms with van der Waals surface area (Å²) in [4.78, 5) is 53.6. The molecule has 0 radical (unpaired) electrons. The number of anilines is 2. The lowest BCUT2D eigenvalue weighted by Gasteiger charge is -2.36. The lowest BCUT2D eigenvalue weighted by molar-refractivity contribution is -0.120. The molecule has 1 saturated heterocycles. The Morgan fingerprint density at radius 1 is 0.707 bits per heavy atom. The van der Waals surface area contributed by atoms with Gasteiger partial charge >= 0.3 is 11.9 Å². The van der Waals surface area contributed by atoms with Gasteiger partial charge in [0, 0.05) is 17.1 Å². The van der Waals surface area contributed by atoms with Crippen LogP contribution in [-0.4, -0.2) is 43.6 Å². The molecule has 1 aromatic heterocycles. The number of carbonyl (C=O) groups excluding carboxylic acids is 2. The number of rotatable bonds is 6. The number of hydrogen-bond acceptors (Lipinski definition) is 5. The van der Waals surface area contributed by atoms with E-state index in [2.05, 4.69) is 0 Å². The van der Waals surface area contributed by atoms with Crippen LogP contribution in [0.4, 0.5) is 11.4 Å². The first kappa shape index (κ1) is 27.2. The number of carboxylic acid groups (broad SMARTS) is 2. The molecule has 2 heterocycles. The van der Waals surface area contributed by atoms with E-state index in [9.17, 15) is 29.4 Å². The first-order valence-corrected chi connectivity index (χ1v) is 12.8. The predicted octanol–water partition coefficient (Wildman–Crippen LogP) is 5.24. The summed E-state index contributed by atoms with van der Waals surface area (Å²) in [5.41, 5.74) is 2.55. The summed E-state index contributed by atoms with van der Waals surface area (Å²) in [5, 5.41) is 19.1. The average molecular weight is 566 g/mol. The predicted molar refractivity (Wildman–Crippen MR) is 158 cm³/mol. The molecule has 0 atom stereocenters. The van der Waals surface area contributed by atoms with Crippen LogP contribution >= 0.6 is 12.2 Å². The first-order chi connectivity index (χ1) is 19.6. The Balaban J connectivity index is 1.66. The van der Waals surface area contributed by atoms with Gasteiger partial charge < -0.3 is 14.8 Å². The van der Waals surface area contributed by atoms with Crippen LogP contribution in [0.5, 0.6) is 0 Å². The van der Waals surface area contributed by atoms with Crippen molar-refractivity contribution in [3.05, 3.63) is 119 Å². The van der Waals surface area contributed by atoms with Gasteiger partial charge in [-0.1, -0.05) is 36.4 Å². The number of benzene rings is 3. The summed E-state index contributed by atoms with van der Waals surface area (Å²) in [6.45, 7) is 3.49. The van der Waals surface area contributed by atoms with Gasteiger partial charge in [0.25, 0.3) is 11.8 Å². The molecule has 1 aliphatic rings. The number of para-hydroxylation sites is 2. The van der Waals surface area contributed by atoms with Crippen molar-refractivity contribution in [2.75, 3.05) is 9.80 Å². The molecule has 0 aliphatic carbocycles. The molecule has 1 aliphatic heterocycles. The lowest BCUT2D eigenvalue weighted by atomic mass is 10.0. The lowest BCUT2D eigenvalue weighted by Crippen LogP contribution is -2.56. The fourth-order valence-corrected chi connectivity index (χ4v) is 5.19. The third kappa shape index (κ3) is 4.92. The highest BCUT2D eigenvalue weighted by molar-refractivity contribution is 7.81. The van der Waals surface area contributed by atoms with Crippen LogP contribution < -0.4 is 9.80 Å². The molecule has 5 rings (SSSR count). The number of aryl methyl sites for hydroxylation is 1. The van der Waals surface area contributed by atoms with E-state index in [-0.39, 0.29) is 21.8 Å². The second-order valence-electron chi connectivity index (χ2n) is 9.33. The van der Waals surface area contributed by atoms with Crippen molar-refractivity contribution in [1.82, 2.24) is 4.57 Å². The molecule has 0 unspecified atom stereocenters. The number of carboxylic acids is 2. The summed E-state index contributed by atoms with van der Waals surface area (Å²) in [6.07, 6.45) is 1.48. The standard InChI is InChI=1S/C31H23N3O6S/c1-18-13-20(19(2)32(18)25-15-21(29(37)38)14-22(16-25)30(39)40)17-26-27(35)33(23-9-5-3-6-10-23)31(41)34(28(26)36)24-11-7-4-8-12-24/h3-17H,1-2H3,(H,37,38)(H,39,40). The van der Waals surface area contributed by atoms with Crippen LogP contribution in [0.2, 0.25) is 0 Å². The summed E-state index contributed by atoms with van der Waals surface area (Å²) >= 11 is 5.65. The summed E-state index contributed by atoms with van der Waals surface area (Å²) < 4.78 is 1.68. The Morgan fingerprint density at radius 3 is 1.61 bits per heavy atom. The zero-order chi connectivity index (χ0) is 29.4.